The first-order chi connectivity index (χ1) is 17.0. The highest BCUT2D eigenvalue weighted by atomic mass is 35.5. The molecule has 5 nitrogen and oxygen atoms in total. The van der Waals surface area contributed by atoms with Crippen LogP contribution in [0.5, 0.6) is 0 Å². The lowest BCUT2D eigenvalue weighted by Crippen LogP contribution is -2.48. The van der Waals surface area contributed by atoms with E-state index in [2.05, 4.69) is 10.2 Å². The summed E-state index contributed by atoms with van der Waals surface area (Å²) < 4.78 is 53.0. The van der Waals surface area contributed by atoms with Crippen LogP contribution < -0.4 is 5.32 Å². The van der Waals surface area contributed by atoms with Gasteiger partial charge in [0.05, 0.1) is 22.2 Å². The number of hydrogen-bond donors (Lipinski definition) is 1. The topological polar surface area (TPSA) is 38.8 Å². The zero-order valence-corrected chi connectivity index (χ0v) is 21.3. The Morgan fingerprint density at radius 3 is 2.44 bits per heavy atom. The van der Waals surface area contributed by atoms with Crippen molar-refractivity contribution in [3.8, 4) is 0 Å². The van der Waals surface area contributed by atoms with Gasteiger partial charge in [0.2, 0.25) is 5.91 Å². The van der Waals surface area contributed by atoms with E-state index in [1.807, 2.05) is 22.9 Å². The lowest BCUT2D eigenvalue weighted by Gasteiger charge is -2.30. The van der Waals surface area contributed by atoms with Crippen molar-refractivity contribution in [3.63, 3.8) is 0 Å². The normalized spacial score (nSPS) is 21.4. The van der Waals surface area contributed by atoms with Gasteiger partial charge in [0.15, 0.2) is 0 Å². The van der Waals surface area contributed by atoms with E-state index in [4.69, 9.17) is 23.2 Å². The Hall–Kier alpha value is -1.91. The number of rotatable bonds is 6. The molecule has 1 amide bonds. The molecule has 1 N–H and O–H groups in total. The number of piperazine rings is 1. The third-order valence-electron chi connectivity index (χ3n) is 6.92. The third-order valence-corrected chi connectivity index (χ3v) is 7.66. The fourth-order valence-electron chi connectivity index (χ4n) is 4.96. The highest BCUT2D eigenvalue weighted by molar-refractivity contribution is 6.42. The fraction of sp³-hybridized carbons (Fsp3) is 0.480. The van der Waals surface area contributed by atoms with E-state index < -0.39 is 17.6 Å². The van der Waals surface area contributed by atoms with Crippen molar-refractivity contribution >= 4 is 29.1 Å². The summed E-state index contributed by atoms with van der Waals surface area (Å²) in [6.45, 7) is 4.75. The van der Waals surface area contributed by atoms with Gasteiger partial charge in [0.1, 0.15) is 5.82 Å². The van der Waals surface area contributed by atoms with Gasteiger partial charge in [0.25, 0.3) is 0 Å². The molecule has 0 spiro atoms. The van der Waals surface area contributed by atoms with Gasteiger partial charge in [-0.2, -0.15) is 13.2 Å². The number of amides is 1. The maximum absolute atomic E-state index is 14.2. The molecule has 2 aliphatic heterocycles. The van der Waals surface area contributed by atoms with Crippen LogP contribution in [-0.2, 0) is 17.5 Å². The summed E-state index contributed by atoms with van der Waals surface area (Å²) in [5.74, 6) is -1.37. The van der Waals surface area contributed by atoms with Crippen molar-refractivity contribution in [2.45, 2.75) is 24.7 Å². The van der Waals surface area contributed by atoms with E-state index in [1.54, 1.807) is 12.1 Å². The van der Waals surface area contributed by atoms with Crippen molar-refractivity contribution in [1.82, 2.24) is 20.0 Å². The largest absolute Gasteiger partial charge is 0.419 e. The van der Waals surface area contributed by atoms with E-state index in [-0.39, 0.29) is 24.4 Å². The molecule has 2 atom stereocenters. The molecule has 0 radical (unpaired) electrons. The van der Waals surface area contributed by atoms with Crippen LogP contribution in [0.3, 0.4) is 0 Å². The Kier molecular flexibility index (Phi) is 8.46. The Labute approximate surface area is 217 Å². The van der Waals surface area contributed by atoms with Crippen LogP contribution in [0.25, 0.3) is 0 Å². The number of halogens is 6. The molecule has 0 bridgehead atoms. The maximum Gasteiger partial charge on any atom is 0.419 e. The van der Waals surface area contributed by atoms with E-state index >= 15 is 0 Å². The molecule has 36 heavy (non-hydrogen) atoms. The minimum absolute atomic E-state index is 0.0263. The number of likely N-dealkylation sites (tertiary alicyclic amines) is 1. The van der Waals surface area contributed by atoms with E-state index in [9.17, 15) is 22.4 Å². The number of benzene rings is 2. The number of carbonyl (C=O) groups excluding carboxylic acids is 1. The quantitative estimate of drug-likeness (QED) is 0.542. The maximum atomic E-state index is 14.2. The number of likely N-dealkylation sites (N-methyl/N-ethyl adjacent to an activating group) is 1. The molecular formula is C25H28Cl2F4N4O. The lowest BCUT2D eigenvalue weighted by molar-refractivity contribution is -0.140. The lowest BCUT2D eigenvalue weighted by atomic mass is 9.93. The molecule has 2 heterocycles. The van der Waals surface area contributed by atoms with Gasteiger partial charge < -0.3 is 10.2 Å². The SMILES string of the molecule is CN(Cc1ccc(C(F)(F)F)c(F)c1)[C@@H]1CN(C(=O)CN2CCNCC2)C[C@@H]1c1ccc(Cl)c(Cl)c1. The molecule has 0 aromatic heterocycles. The van der Waals surface area contributed by atoms with Gasteiger partial charge in [-0.1, -0.05) is 35.3 Å². The first kappa shape index (κ1) is 27.1. The van der Waals surface area contributed by atoms with Crippen LogP contribution in [-0.4, -0.2) is 79.5 Å². The van der Waals surface area contributed by atoms with Crippen molar-refractivity contribution in [2.24, 2.45) is 0 Å². The second-order valence-electron chi connectivity index (χ2n) is 9.40. The van der Waals surface area contributed by atoms with Gasteiger partial charge >= 0.3 is 6.18 Å². The van der Waals surface area contributed by atoms with Crippen LogP contribution in [0.4, 0.5) is 17.6 Å². The average molecular weight is 547 g/mol. The van der Waals surface area contributed by atoms with Crippen molar-refractivity contribution in [1.29, 1.82) is 0 Å². The molecule has 2 aromatic carbocycles. The minimum atomic E-state index is -4.75. The predicted molar refractivity (Wildman–Crippen MR) is 132 cm³/mol. The standard InChI is InChI=1S/C25H28Cl2F4N4O/c1-33(12-16-2-4-19(22(28)10-16)25(29,30)31)23-14-35(24(36)15-34-8-6-32-7-9-34)13-18(23)17-3-5-20(26)21(27)11-17/h2-5,10-11,18,23,32H,6-9,12-15H2,1H3/t18-,23-/m1/s1. The Morgan fingerprint density at radius 1 is 1.08 bits per heavy atom. The van der Waals surface area contributed by atoms with Gasteiger partial charge in [0, 0.05) is 57.8 Å². The zero-order chi connectivity index (χ0) is 26.0. The second-order valence-corrected chi connectivity index (χ2v) is 10.2. The Balaban J connectivity index is 1.53. The smallest absolute Gasteiger partial charge is 0.339 e. The van der Waals surface area contributed by atoms with Gasteiger partial charge in [-0.15, -0.1) is 0 Å². The Bertz CT molecular complexity index is 1090. The molecule has 0 aliphatic carbocycles. The molecule has 2 fully saturated rings. The summed E-state index contributed by atoms with van der Waals surface area (Å²) in [5, 5.41) is 4.11. The zero-order valence-electron chi connectivity index (χ0n) is 19.8. The molecule has 11 heteroatoms. The number of alkyl halides is 3. The molecule has 196 valence electrons. The summed E-state index contributed by atoms with van der Waals surface area (Å²) in [7, 11) is 1.83. The van der Waals surface area contributed by atoms with Crippen LogP contribution in [0.1, 0.15) is 22.6 Å². The highest BCUT2D eigenvalue weighted by Crippen LogP contribution is 2.36. The molecule has 4 rings (SSSR count). The minimum Gasteiger partial charge on any atom is -0.339 e. The monoisotopic (exact) mass is 546 g/mol. The van der Waals surface area contributed by atoms with E-state index in [0.29, 0.717) is 35.2 Å². The van der Waals surface area contributed by atoms with Crippen molar-refractivity contribution in [3.05, 3.63) is 69.0 Å². The predicted octanol–water partition coefficient (Wildman–Crippen LogP) is 4.48. The van der Waals surface area contributed by atoms with Gasteiger partial charge in [-0.3, -0.25) is 14.6 Å². The van der Waals surface area contributed by atoms with Gasteiger partial charge in [-0.25, -0.2) is 4.39 Å². The molecule has 0 unspecified atom stereocenters. The summed E-state index contributed by atoms with van der Waals surface area (Å²) >= 11 is 12.4. The molecular weight excluding hydrogens is 519 g/mol. The number of nitrogens with one attached hydrogen (secondary N) is 1. The third kappa shape index (κ3) is 6.31. The second kappa shape index (κ2) is 11.2. The summed E-state index contributed by atoms with van der Waals surface area (Å²) in [4.78, 5) is 19.1. The van der Waals surface area contributed by atoms with E-state index in [1.165, 1.54) is 6.07 Å². The first-order valence-corrected chi connectivity index (χ1v) is 12.5. The molecule has 2 saturated heterocycles. The summed E-state index contributed by atoms with van der Waals surface area (Å²) in [6, 6.07) is 8.22. The van der Waals surface area contributed by atoms with Crippen LogP contribution in [0.2, 0.25) is 10.0 Å². The van der Waals surface area contributed by atoms with Crippen molar-refractivity contribution < 1.29 is 22.4 Å². The molecule has 2 aromatic rings. The van der Waals surface area contributed by atoms with Crippen molar-refractivity contribution in [2.75, 3.05) is 52.9 Å². The summed E-state index contributed by atoms with van der Waals surface area (Å²) in [6.07, 6.45) is -4.75. The Morgan fingerprint density at radius 2 is 1.81 bits per heavy atom. The van der Waals surface area contributed by atoms with Crippen LogP contribution in [0.15, 0.2) is 36.4 Å². The molecule has 2 aliphatic rings. The number of hydrogen-bond acceptors (Lipinski definition) is 4. The number of carbonyl (C=O) groups is 1. The number of nitrogens with zero attached hydrogens (tertiary/aromatic N) is 3. The van der Waals surface area contributed by atoms with E-state index in [0.717, 1.165) is 43.9 Å². The van der Waals surface area contributed by atoms with Crippen LogP contribution >= 0.6 is 23.2 Å². The highest BCUT2D eigenvalue weighted by Gasteiger charge is 2.39. The van der Waals surface area contributed by atoms with Crippen LogP contribution in [0, 0.1) is 5.82 Å². The fourth-order valence-corrected chi connectivity index (χ4v) is 5.27. The molecule has 0 saturated carbocycles. The first-order valence-electron chi connectivity index (χ1n) is 11.7. The van der Waals surface area contributed by atoms with Gasteiger partial charge in [-0.05, 0) is 42.4 Å². The average Bonchev–Trinajstić information content (AvgIpc) is 3.27. The summed E-state index contributed by atoms with van der Waals surface area (Å²) in [5.41, 5.74) is 0.0481.